The fourth-order valence-electron chi connectivity index (χ4n) is 3.59. The van der Waals surface area contributed by atoms with Crippen LogP contribution in [0.15, 0.2) is 0 Å². The quantitative estimate of drug-likeness (QED) is 0.731. The molecule has 18 heavy (non-hydrogen) atoms. The molecule has 0 spiro atoms. The van der Waals surface area contributed by atoms with E-state index in [4.69, 9.17) is 0 Å². The summed E-state index contributed by atoms with van der Waals surface area (Å²) in [4.78, 5) is 2.56. The first-order valence-corrected chi connectivity index (χ1v) is 7.74. The second-order valence-electron chi connectivity index (χ2n) is 6.39. The summed E-state index contributed by atoms with van der Waals surface area (Å²) in [5.41, 5.74) is 0.0200. The number of hydrogen-bond donors (Lipinski definition) is 2. The van der Waals surface area contributed by atoms with Gasteiger partial charge in [-0.05, 0) is 52.0 Å². The van der Waals surface area contributed by atoms with Gasteiger partial charge in [0.25, 0.3) is 0 Å². The van der Waals surface area contributed by atoms with Gasteiger partial charge >= 0.3 is 0 Å². The second-order valence-corrected chi connectivity index (χ2v) is 6.39. The molecule has 2 aliphatic rings. The minimum Gasteiger partial charge on any atom is -0.394 e. The van der Waals surface area contributed by atoms with Gasteiger partial charge in [0.2, 0.25) is 0 Å². The zero-order valence-electron chi connectivity index (χ0n) is 12.3. The molecule has 3 heteroatoms. The summed E-state index contributed by atoms with van der Waals surface area (Å²) in [6.07, 6.45) is 8.54. The van der Waals surface area contributed by atoms with Gasteiger partial charge in [-0.3, -0.25) is 0 Å². The number of aliphatic hydroxyl groups is 1. The van der Waals surface area contributed by atoms with Crippen LogP contribution < -0.4 is 5.32 Å². The molecular formula is C15H30N2O. The van der Waals surface area contributed by atoms with Gasteiger partial charge in [0, 0.05) is 23.7 Å². The SMILES string of the molecule is CCC(CC)N(C)C1CCC(CO)(NC2CC2)C1. The molecule has 0 aliphatic heterocycles. The topological polar surface area (TPSA) is 35.5 Å². The highest BCUT2D eigenvalue weighted by Crippen LogP contribution is 2.36. The van der Waals surface area contributed by atoms with Gasteiger partial charge in [0.1, 0.15) is 0 Å². The number of nitrogens with one attached hydrogen (secondary N) is 1. The number of hydrogen-bond acceptors (Lipinski definition) is 3. The van der Waals surface area contributed by atoms with Crippen molar-refractivity contribution in [2.24, 2.45) is 0 Å². The Bertz CT molecular complexity index is 263. The van der Waals surface area contributed by atoms with Gasteiger partial charge in [0.05, 0.1) is 6.61 Å². The Morgan fingerprint density at radius 1 is 1.28 bits per heavy atom. The summed E-state index contributed by atoms with van der Waals surface area (Å²) in [6.45, 7) is 4.86. The first kappa shape index (κ1) is 14.3. The van der Waals surface area contributed by atoms with Crippen LogP contribution in [-0.2, 0) is 0 Å². The van der Waals surface area contributed by atoms with Crippen LogP contribution in [0.5, 0.6) is 0 Å². The molecule has 2 aliphatic carbocycles. The third-order valence-electron chi connectivity index (χ3n) is 5.07. The summed E-state index contributed by atoms with van der Waals surface area (Å²) in [5.74, 6) is 0. The van der Waals surface area contributed by atoms with E-state index in [2.05, 4.69) is 31.1 Å². The Balaban J connectivity index is 1.92. The Morgan fingerprint density at radius 3 is 2.44 bits per heavy atom. The van der Waals surface area contributed by atoms with E-state index in [1.807, 2.05) is 0 Å². The minimum atomic E-state index is 0.0200. The molecular weight excluding hydrogens is 224 g/mol. The van der Waals surface area contributed by atoms with E-state index < -0.39 is 0 Å². The Labute approximate surface area is 112 Å². The van der Waals surface area contributed by atoms with Gasteiger partial charge in [-0.1, -0.05) is 13.8 Å². The molecule has 2 rings (SSSR count). The number of rotatable bonds is 7. The summed E-state index contributed by atoms with van der Waals surface area (Å²) in [6, 6.07) is 2.04. The highest BCUT2D eigenvalue weighted by molar-refractivity contribution is 5.03. The van der Waals surface area contributed by atoms with Crippen LogP contribution in [0.4, 0.5) is 0 Å². The van der Waals surface area contributed by atoms with Gasteiger partial charge in [0.15, 0.2) is 0 Å². The maximum absolute atomic E-state index is 9.76. The molecule has 106 valence electrons. The molecule has 3 nitrogen and oxygen atoms in total. The lowest BCUT2D eigenvalue weighted by Crippen LogP contribution is -2.49. The van der Waals surface area contributed by atoms with Crippen LogP contribution in [-0.4, -0.2) is 47.3 Å². The van der Waals surface area contributed by atoms with Crippen LogP contribution in [0.2, 0.25) is 0 Å². The Morgan fingerprint density at radius 2 is 1.94 bits per heavy atom. The zero-order valence-corrected chi connectivity index (χ0v) is 12.3. The fraction of sp³-hybridized carbons (Fsp3) is 1.00. The Hall–Kier alpha value is -0.120. The lowest BCUT2D eigenvalue weighted by atomic mass is 9.97. The molecule has 2 atom stereocenters. The monoisotopic (exact) mass is 254 g/mol. The molecule has 0 heterocycles. The van der Waals surface area contributed by atoms with Crippen molar-refractivity contribution in [3.63, 3.8) is 0 Å². The number of aliphatic hydroxyl groups excluding tert-OH is 1. The predicted octanol–water partition coefficient (Wildman–Crippen LogP) is 2.14. The lowest BCUT2D eigenvalue weighted by molar-refractivity contribution is 0.129. The summed E-state index contributed by atoms with van der Waals surface area (Å²) in [5, 5.41) is 13.5. The van der Waals surface area contributed by atoms with Crippen molar-refractivity contribution in [3.05, 3.63) is 0 Å². The van der Waals surface area contributed by atoms with Crippen molar-refractivity contribution in [2.45, 2.75) is 82.5 Å². The van der Waals surface area contributed by atoms with E-state index in [0.29, 0.717) is 24.7 Å². The van der Waals surface area contributed by atoms with Gasteiger partial charge < -0.3 is 15.3 Å². The molecule has 2 unspecified atom stereocenters. The smallest absolute Gasteiger partial charge is 0.0614 e. The van der Waals surface area contributed by atoms with Crippen molar-refractivity contribution in [1.29, 1.82) is 0 Å². The minimum absolute atomic E-state index is 0.0200. The predicted molar refractivity (Wildman–Crippen MR) is 75.7 cm³/mol. The molecule has 2 saturated carbocycles. The fourth-order valence-corrected chi connectivity index (χ4v) is 3.59. The van der Waals surface area contributed by atoms with Crippen molar-refractivity contribution < 1.29 is 5.11 Å². The Kier molecular flexibility index (Phi) is 4.68. The standard InChI is InChI=1S/C15H30N2O/c1-4-13(5-2)17(3)14-8-9-15(10-14,11-18)16-12-6-7-12/h12-14,16,18H,4-11H2,1-3H3. The molecule has 0 amide bonds. The summed E-state index contributed by atoms with van der Waals surface area (Å²) >= 11 is 0. The lowest BCUT2D eigenvalue weighted by Gasteiger charge is -2.34. The van der Waals surface area contributed by atoms with Gasteiger partial charge in [-0.15, -0.1) is 0 Å². The third kappa shape index (κ3) is 3.06. The first-order valence-electron chi connectivity index (χ1n) is 7.74. The average molecular weight is 254 g/mol. The molecule has 0 bridgehead atoms. The van der Waals surface area contributed by atoms with Crippen LogP contribution >= 0.6 is 0 Å². The van der Waals surface area contributed by atoms with Crippen LogP contribution in [0, 0.1) is 0 Å². The maximum Gasteiger partial charge on any atom is 0.0614 e. The second kappa shape index (κ2) is 5.89. The van der Waals surface area contributed by atoms with E-state index in [0.717, 1.165) is 12.8 Å². The van der Waals surface area contributed by atoms with E-state index in [1.54, 1.807) is 0 Å². The average Bonchev–Trinajstić information content (AvgIpc) is 3.08. The first-order chi connectivity index (χ1) is 8.64. The van der Waals surface area contributed by atoms with E-state index >= 15 is 0 Å². The highest BCUT2D eigenvalue weighted by Gasteiger charge is 2.43. The summed E-state index contributed by atoms with van der Waals surface area (Å²) < 4.78 is 0. The van der Waals surface area contributed by atoms with Crippen LogP contribution in [0.1, 0.15) is 58.8 Å². The van der Waals surface area contributed by atoms with E-state index in [-0.39, 0.29) is 5.54 Å². The van der Waals surface area contributed by atoms with Crippen LogP contribution in [0.25, 0.3) is 0 Å². The molecule has 2 N–H and O–H groups in total. The van der Waals surface area contributed by atoms with Crippen molar-refractivity contribution in [1.82, 2.24) is 10.2 Å². The van der Waals surface area contributed by atoms with E-state index in [9.17, 15) is 5.11 Å². The summed E-state index contributed by atoms with van der Waals surface area (Å²) in [7, 11) is 2.27. The van der Waals surface area contributed by atoms with Crippen molar-refractivity contribution in [2.75, 3.05) is 13.7 Å². The van der Waals surface area contributed by atoms with E-state index in [1.165, 1.54) is 32.1 Å². The molecule has 0 aromatic carbocycles. The van der Waals surface area contributed by atoms with Gasteiger partial charge in [-0.2, -0.15) is 0 Å². The molecule has 0 aromatic rings. The zero-order chi connectivity index (χ0) is 13.2. The largest absolute Gasteiger partial charge is 0.394 e. The molecule has 0 aromatic heterocycles. The highest BCUT2D eigenvalue weighted by atomic mass is 16.3. The van der Waals surface area contributed by atoms with Gasteiger partial charge in [-0.25, -0.2) is 0 Å². The molecule has 0 saturated heterocycles. The molecule has 0 radical (unpaired) electrons. The van der Waals surface area contributed by atoms with Crippen LogP contribution in [0.3, 0.4) is 0 Å². The van der Waals surface area contributed by atoms with Crippen molar-refractivity contribution in [3.8, 4) is 0 Å². The van der Waals surface area contributed by atoms with Crippen molar-refractivity contribution >= 4 is 0 Å². The maximum atomic E-state index is 9.76. The normalized spacial score (nSPS) is 32.7. The third-order valence-corrected chi connectivity index (χ3v) is 5.07. The molecule has 2 fully saturated rings. The number of nitrogens with zero attached hydrogens (tertiary/aromatic N) is 1.